The van der Waals surface area contributed by atoms with Crippen LogP contribution >= 0.6 is 0 Å². The van der Waals surface area contributed by atoms with Crippen LogP contribution in [-0.2, 0) is 20.7 Å². The summed E-state index contributed by atoms with van der Waals surface area (Å²) >= 11 is 0. The minimum absolute atomic E-state index is 0.150. The number of benzene rings is 1. The highest BCUT2D eigenvalue weighted by Crippen LogP contribution is 2.16. The van der Waals surface area contributed by atoms with Crippen LogP contribution in [0.5, 0.6) is 5.75 Å². The number of carbonyl (C=O) groups excluding carboxylic acids is 2. The van der Waals surface area contributed by atoms with E-state index >= 15 is 0 Å². The van der Waals surface area contributed by atoms with Crippen LogP contribution in [-0.4, -0.2) is 31.6 Å². The van der Waals surface area contributed by atoms with Crippen LogP contribution in [0.3, 0.4) is 0 Å². The van der Waals surface area contributed by atoms with E-state index in [9.17, 15) is 9.59 Å². The van der Waals surface area contributed by atoms with Gasteiger partial charge in [0.25, 0.3) is 0 Å². The van der Waals surface area contributed by atoms with Crippen LogP contribution in [0.4, 0.5) is 0 Å². The third-order valence-corrected chi connectivity index (χ3v) is 3.79. The molecule has 1 aromatic carbocycles. The van der Waals surface area contributed by atoms with Crippen molar-refractivity contribution in [2.45, 2.75) is 39.7 Å². The number of esters is 1. The van der Waals surface area contributed by atoms with Crippen molar-refractivity contribution in [3.8, 4) is 5.75 Å². The zero-order chi connectivity index (χ0) is 18.8. The number of amides is 1. The van der Waals surface area contributed by atoms with Gasteiger partial charge in [0.1, 0.15) is 18.4 Å². The van der Waals surface area contributed by atoms with Gasteiger partial charge in [-0.15, -0.1) is 0 Å². The molecule has 0 aliphatic carbocycles. The summed E-state index contributed by atoms with van der Waals surface area (Å²) in [5.74, 6) is 0.242. The van der Waals surface area contributed by atoms with Crippen molar-refractivity contribution in [1.29, 1.82) is 0 Å². The van der Waals surface area contributed by atoms with Crippen molar-refractivity contribution in [3.05, 3.63) is 42.5 Å². The Morgan fingerprint density at radius 1 is 1.20 bits per heavy atom. The first-order valence-corrected chi connectivity index (χ1v) is 8.58. The van der Waals surface area contributed by atoms with Crippen molar-refractivity contribution in [1.82, 2.24) is 5.32 Å². The smallest absolute Gasteiger partial charge is 0.328 e. The molecular weight excluding hydrogens is 318 g/mol. The minimum Gasteiger partial charge on any atom is -0.490 e. The number of hydrogen-bond donors (Lipinski definition) is 1. The van der Waals surface area contributed by atoms with Gasteiger partial charge in [-0.05, 0) is 36.5 Å². The molecule has 0 spiro atoms. The zero-order valence-electron chi connectivity index (χ0n) is 15.6. The van der Waals surface area contributed by atoms with Crippen molar-refractivity contribution in [2.75, 3.05) is 13.7 Å². The first-order valence-electron chi connectivity index (χ1n) is 8.58. The van der Waals surface area contributed by atoms with Gasteiger partial charge in [0.2, 0.25) is 5.91 Å². The van der Waals surface area contributed by atoms with Crippen LogP contribution in [0.2, 0.25) is 0 Å². The largest absolute Gasteiger partial charge is 0.490 e. The molecule has 1 aromatic rings. The summed E-state index contributed by atoms with van der Waals surface area (Å²) in [5.41, 5.74) is 1.03. The minimum atomic E-state index is -0.602. The zero-order valence-corrected chi connectivity index (χ0v) is 15.6. The van der Waals surface area contributed by atoms with E-state index in [1.165, 1.54) is 7.11 Å². The highest BCUT2D eigenvalue weighted by Gasteiger charge is 2.25. The predicted molar refractivity (Wildman–Crippen MR) is 98.4 cm³/mol. The molecule has 25 heavy (non-hydrogen) atoms. The summed E-state index contributed by atoms with van der Waals surface area (Å²) in [4.78, 5) is 24.2. The highest BCUT2D eigenvalue weighted by molar-refractivity contribution is 5.85. The number of nitrogens with one attached hydrogen (secondary N) is 1. The van der Waals surface area contributed by atoms with Gasteiger partial charge >= 0.3 is 5.97 Å². The van der Waals surface area contributed by atoms with E-state index in [1.54, 1.807) is 6.08 Å². The number of rotatable bonds is 10. The Balaban J connectivity index is 2.62. The van der Waals surface area contributed by atoms with E-state index in [0.717, 1.165) is 11.3 Å². The standard InChI is InChI=1S/C20H29NO4/c1-6-11-25-17-9-7-16(8-10-17)13-15(4)19(22)21-18(12-14(2)3)20(23)24-5/h6-10,14-15,18H,1,11-13H2,2-5H3,(H,21,22)/t15-,18-/m0/s1. The van der Waals surface area contributed by atoms with Gasteiger partial charge in [-0.3, -0.25) is 4.79 Å². The molecule has 5 heteroatoms. The molecule has 0 fully saturated rings. The number of carbonyl (C=O) groups is 2. The van der Waals surface area contributed by atoms with Gasteiger partial charge in [-0.25, -0.2) is 4.79 Å². The van der Waals surface area contributed by atoms with E-state index in [0.29, 0.717) is 19.4 Å². The van der Waals surface area contributed by atoms with Crippen LogP contribution in [0.25, 0.3) is 0 Å². The molecule has 0 bridgehead atoms. The molecule has 0 radical (unpaired) electrons. The lowest BCUT2D eigenvalue weighted by Gasteiger charge is -2.20. The predicted octanol–water partition coefficient (Wildman–Crippen LogP) is 3.13. The lowest BCUT2D eigenvalue weighted by molar-refractivity contribution is -0.146. The molecule has 0 saturated carbocycles. The average Bonchev–Trinajstić information content (AvgIpc) is 2.59. The quantitative estimate of drug-likeness (QED) is 0.522. The molecular formula is C20H29NO4. The maximum Gasteiger partial charge on any atom is 0.328 e. The van der Waals surface area contributed by atoms with E-state index < -0.39 is 12.0 Å². The van der Waals surface area contributed by atoms with Gasteiger partial charge in [-0.1, -0.05) is 45.6 Å². The van der Waals surface area contributed by atoms with Crippen molar-refractivity contribution in [2.24, 2.45) is 11.8 Å². The van der Waals surface area contributed by atoms with Gasteiger partial charge in [-0.2, -0.15) is 0 Å². The number of ether oxygens (including phenoxy) is 2. The topological polar surface area (TPSA) is 64.6 Å². The lowest BCUT2D eigenvalue weighted by Crippen LogP contribution is -2.44. The normalized spacial score (nSPS) is 13.0. The molecule has 0 heterocycles. The summed E-state index contributed by atoms with van der Waals surface area (Å²) in [7, 11) is 1.33. The Morgan fingerprint density at radius 3 is 2.36 bits per heavy atom. The molecule has 0 aliphatic rings. The Hall–Kier alpha value is -2.30. The Bertz CT molecular complexity index is 566. The molecule has 5 nitrogen and oxygen atoms in total. The molecule has 1 amide bonds. The third-order valence-electron chi connectivity index (χ3n) is 3.79. The van der Waals surface area contributed by atoms with Crippen LogP contribution in [0.1, 0.15) is 32.8 Å². The second-order valence-corrected chi connectivity index (χ2v) is 6.56. The summed E-state index contributed by atoms with van der Waals surface area (Å²) in [6.45, 7) is 9.92. The number of methoxy groups -OCH3 is 1. The van der Waals surface area contributed by atoms with Crippen molar-refractivity contribution < 1.29 is 19.1 Å². The maximum atomic E-state index is 12.4. The van der Waals surface area contributed by atoms with E-state index in [2.05, 4.69) is 11.9 Å². The average molecular weight is 347 g/mol. The summed E-state index contributed by atoms with van der Waals surface area (Å²) in [5, 5.41) is 2.81. The second-order valence-electron chi connectivity index (χ2n) is 6.56. The van der Waals surface area contributed by atoms with Gasteiger partial charge in [0, 0.05) is 5.92 Å². The third kappa shape index (κ3) is 7.42. The lowest BCUT2D eigenvalue weighted by atomic mass is 9.98. The Kier molecular flexibility index (Phi) is 8.75. The molecule has 0 saturated heterocycles. The molecule has 0 aromatic heterocycles. The SMILES string of the molecule is C=CCOc1ccc(C[C@H](C)C(=O)N[C@@H](CC(C)C)C(=O)OC)cc1. The molecule has 2 atom stereocenters. The molecule has 1 rings (SSSR count). The van der Waals surface area contributed by atoms with Crippen LogP contribution in [0, 0.1) is 11.8 Å². The monoisotopic (exact) mass is 347 g/mol. The first-order chi connectivity index (χ1) is 11.9. The van der Waals surface area contributed by atoms with Gasteiger partial charge in [0.05, 0.1) is 7.11 Å². The maximum absolute atomic E-state index is 12.4. The highest BCUT2D eigenvalue weighted by atomic mass is 16.5. The first kappa shape index (κ1) is 20.7. The summed E-state index contributed by atoms with van der Waals surface area (Å²) < 4.78 is 10.2. The van der Waals surface area contributed by atoms with Gasteiger partial charge in [0.15, 0.2) is 0 Å². The van der Waals surface area contributed by atoms with Crippen LogP contribution in [0.15, 0.2) is 36.9 Å². The van der Waals surface area contributed by atoms with Crippen LogP contribution < -0.4 is 10.1 Å². The summed E-state index contributed by atoms with van der Waals surface area (Å²) in [6, 6.07) is 7.02. The fraction of sp³-hybridized carbons (Fsp3) is 0.500. The second kappa shape index (κ2) is 10.5. The van der Waals surface area contributed by atoms with E-state index in [4.69, 9.17) is 9.47 Å². The Morgan fingerprint density at radius 2 is 1.84 bits per heavy atom. The molecule has 1 N–H and O–H groups in total. The Labute approximate surface area is 150 Å². The van der Waals surface area contributed by atoms with E-state index in [-0.39, 0.29) is 17.7 Å². The summed E-state index contributed by atoms with van der Waals surface area (Å²) in [6.07, 6.45) is 2.83. The van der Waals surface area contributed by atoms with Crippen molar-refractivity contribution >= 4 is 11.9 Å². The fourth-order valence-electron chi connectivity index (χ4n) is 2.46. The fourth-order valence-corrected chi connectivity index (χ4v) is 2.46. The number of hydrogen-bond acceptors (Lipinski definition) is 4. The molecule has 138 valence electrons. The van der Waals surface area contributed by atoms with Gasteiger partial charge < -0.3 is 14.8 Å². The molecule has 0 unspecified atom stereocenters. The van der Waals surface area contributed by atoms with Crippen molar-refractivity contribution in [3.63, 3.8) is 0 Å². The van der Waals surface area contributed by atoms with E-state index in [1.807, 2.05) is 45.0 Å². The molecule has 0 aliphatic heterocycles.